The third kappa shape index (κ3) is 2.50. The largest absolute Gasteiger partial charge is 0.295 e. The van der Waals surface area contributed by atoms with Crippen LogP contribution in [-0.4, -0.2) is 28.4 Å². The Labute approximate surface area is 96.3 Å². The van der Waals surface area contributed by atoms with E-state index in [1.807, 2.05) is 12.4 Å². The van der Waals surface area contributed by atoms with Gasteiger partial charge in [-0.05, 0) is 36.6 Å². The quantitative estimate of drug-likeness (QED) is 0.734. The van der Waals surface area contributed by atoms with Gasteiger partial charge in [-0.3, -0.25) is 9.88 Å². The van der Waals surface area contributed by atoms with E-state index in [1.165, 1.54) is 18.5 Å². The summed E-state index contributed by atoms with van der Waals surface area (Å²) in [5.74, 6) is 1.47. The molecule has 0 saturated carbocycles. The lowest BCUT2D eigenvalue weighted by Gasteiger charge is -2.24. The summed E-state index contributed by atoms with van der Waals surface area (Å²) in [6.07, 6.45) is 4.97. The first kappa shape index (κ1) is 10.9. The molecule has 1 aliphatic rings. The van der Waals surface area contributed by atoms with Gasteiger partial charge in [0, 0.05) is 30.9 Å². The van der Waals surface area contributed by atoms with E-state index in [0.717, 1.165) is 18.3 Å². The predicted octanol–water partition coefficient (Wildman–Crippen LogP) is 2.53. The van der Waals surface area contributed by atoms with E-state index in [2.05, 4.69) is 28.9 Å². The van der Waals surface area contributed by atoms with E-state index >= 15 is 0 Å². The zero-order valence-corrected chi connectivity index (χ0v) is 9.82. The smallest absolute Gasteiger partial charge is 0.0382 e. The summed E-state index contributed by atoms with van der Waals surface area (Å²) in [4.78, 5) is 6.51. The maximum Gasteiger partial charge on any atom is 0.0382 e. The minimum atomic E-state index is 0.542. The van der Waals surface area contributed by atoms with Crippen molar-refractivity contribution in [1.29, 1.82) is 0 Å². The third-order valence-corrected chi connectivity index (χ3v) is 3.61. The van der Waals surface area contributed by atoms with Crippen LogP contribution in [0.1, 0.15) is 18.9 Å². The maximum absolute atomic E-state index is 6.01. The molecule has 15 heavy (non-hydrogen) atoms. The Morgan fingerprint density at radius 2 is 2.20 bits per heavy atom. The molecule has 2 unspecified atom stereocenters. The average molecular weight is 225 g/mol. The van der Waals surface area contributed by atoms with Crippen LogP contribution in [0.5, 0.6) is 0 Å². The number of hydrogen-bond acceptors (Lipinski definition) is 2. The van der Waals surface area contributed by atoms with Crippen molar-refractivity contribution in [3.8, 4) is 0 Å². The van der Waals surface area contributed by atoms with Crippen LogP contribution < -0.4 is 0 Å². The molecule has 0 bridgehead atoms. The Morgan fingerprint density at radius 1 is 1.47 bits per heavy atom. The van der Waals surface area contributed by atoms with Gasteiger partial charge in [0.05, 0.1) is 0 Å². The molecule has 0 spiro atoms. The second kappa shape index (κ2) is 4.95. The minimum Gasteiger partial charge on any atom is -0.295 e. The van der Waals surface area contributed by atoms with Crippen LogP contribution in [0.25, 0.3) is 0 Å². The Balaban J connectivity index is 2.00. The van der Waals surface area contributed by atoms with Crippen LogP contribution in [0, 0.1) is 5.92 Å². The highest BCUT2D eigenvalue weighted by molar-refractivity contribution is 6.18. The van der Waals surface area contributed by atoms with Crippen molar-refractivity contribution in [2.75, 3.05) is 12.4 Å². The summed E-state index contributed by atoms with van der Waals surface area (Å²) >= 11 is 6.01. The fourth-order valence-electron chi connectivity index (χ4n) is 2.26. The average Bonchev–Trinajstić information content (AvgIpc) is 2.61. The minimum absolute atomic E-state index is 0.542. The van der Waals surface area contributed by atoms with Gasteiger partial charge in [0.25, 0.3) is 0 Å². The first-order valence-corrected chi connectivity index (χ1v) is 6.03. The van der Waals surface area contributed by atoms with Crippen molar-refractivity contribution in [1.82, 2.24) is 9.88 Å². The van der Waals surface area contributed by atoms with Crippen LogP contribution in [0.4, 0.5) is 0 Å². The van der Waals surface area contributed by atoms with Gasteiger partial charge in [-0.25, -0.2) is 0 Å². The van der Waals surface area contributed by atoms with Gasteiger partial charge < -0.3 is 0 Å². The second-order valence-corrected chi connectivity index (χ2v) is 4.62. The molecule has 82 valence electrons. The van der Waals surface area contributed by atoms with Crippen molar-refractivity contribution in [3.63, 3.8) is 0 Å². The van der Waals surface area contributed by atoms with Gasteiger partial charge >= 0.3 is 0 Å². The summed E-state index contributed by atoms with van der Waals surface area (Å²) in [7, 11) is 0. The zero-order chi connectivity index (χ0) is 10.7. The summed E-state index contributed by atoms with van der Waals surface area (Å²) in [5, 5.41) is 0. The Bertz CT molecular complexity index is 302. The molecule has 2 rings (SSSR count). The maximum atomic E-state index is 6.01. The van der Waals surface area contributed by atoms with Crippen LogP contribution in [0.2, 0.25) is 0 Å². The van der Waals surface area contributed by atoms with Crippen molar-refractivity contribution < 1.29 is 0 Å². The lowest BCUT2D eigenvalue weighted by atomic mass is 10.0. The SMILES string of the molecule is CC1CCN(Cc2ccncc2)C1CCl. The molecule has 1 fully saturated rings. The number of alkyl halides is 1. The van der Waals surface area contributed by atoms with Crippen LogP contribution in [-0.2, 0) is 6.54 Å². The summed E-state index contributed by atoms with van der Waals surface area (Å²) < 4.78 is 0. The zero-order valence-electron chi connectivity index (χ0n) is 9.06. The lowest BCUT2D eigenvalue weighted by Crippen LogP contribution is -2.33. The molecule has 1 aromatic heterocycles. The van der Waals surface area contributed by atoms with Gasteiger partial charge in [0.15, 0.2) is 0 Å². The van der Waals surface area contributed by atoms with E-state index in [9.17, 15) is 0 Å². The van der Waals surface area contributed by atoms with Crippen LogP contribution in [0.3, 0.4) is 0 Å². The van der Waals surface area contributed by atoms with Crippen molar-refractivity contribution in [2.24, 2.45) is 5.92 Å². The number of likely N-dealkylation sites (tertiary alicyclic amines) is 1. The molecule has 0 aromatic carbocycles. The number of nitrogens with zero attached hydrogens (tertiary/aromatic N) is 2. The third-order valence-electron chi connectivity index (χ3n) is 3.29. The number of aromatic nitrogens is 1. The highest BCUT2D eigenvalue weighted by atomic mass is 35.5. The molecule has 0 aliphatic carbocycles. The van der Waals surface area contributed by atoms with Gasteiger partial charge in [0.2, 0.25) is 0 Å². The molecule has 0 amide bonds. The predicted molar refractivity (Wildman–Crippen MR) is 62.9 cm³/mol. The van der Waals surface area contributed by atoms with Crippen molar-refractivity contribution in [3.05, 3.63) is 30.1 Å². The first-order chi connectivity index (χ1) is 7.31. The molecule has 0 radical (unpaired) electrons. The normalized spacial score (nSPS) is 27.1. The van der Waals surface area contributed by atoms with Crippen LogP contribution >= 0.6 is 11.6 Å². The second-order valence-electron chi connectivity index (χ2n) is 4.31. The fraction of sp³-hybridized carbons (Fsp3) is 0.583. The number of pyridine rings is 1. The highest BCUT2D eigenvalue weighted by Crippen LogP contribution is 2.26. The monoisotopic (exact) mass is 224 g/mol. The van der Waals surface area contributed by atoms with E-state index in [-0.39, 0.29) is 0 Å². The standard InChI is InChI=1S/C12H17ClN2/c1-10-4-7-15(12(10)8-13)9-11-2-5-14-6-3-11/h2-3,5-6,10,12H,4,7-9H2,1H3. The number of hydrogen-bond donors (Lipinski definition) is 0. The van der Waals surface area contributed by atoms with E-state index < -0.39 is 0 Å². The number of rotatable bonds is 3. The Kier molecular flexibility index (Phi) is 3.60. The molecule has 2 nitrogen and oxygen atoms in total. The molecule has 3 heteroatoms. The van der Waals surface area contributed by atoms with Gasteiger partial charge in [-0.15, -0.1) is 11.6 Å². The molecule has 1 saturated heterocycles. The van der Waals surface area contributed by atoms with E-state index in [1.54, 1.807) is 0 Å². The molecular weight excluding hydrogens is 208 g/mol. The van der Waals surface area contributed by atoms with Crippen molar-refractivity contribution in [2.45, 2.75) is 25.9 Å². The molecular formula is C12H17ClN2. The lowest BCUT2D eigenvalue weighted by molar-refractivity contribution is 0.242. The molecule has 0 N–H and O–H groups in total. The van der Waals surface area contributed by atoms with E-state index in [4.69, 9.17) is 11.6 Å². The summed E-state index contributed by atoms with van der Waals surface area (Å²) in [6, 6.07) is 4.70. The highest BCUT2D eigenvalue weighted by Gasteiger charge is 2.29. The van der Waals surface area contributed by atoms with E-state index in [0.29, 0.717) is 6.04 Å². The molecule has 1 aromatic rings. The van der Waals surface area contributed by atoms with Crippen LogP contribution in [0.15, 0.2) is 24.5 Å². The summed E-state index contributed by atoms with van der Waals surface area (Å²) in [5.41, 5.74) is 1.33. The molecule has 2 atom stereocenters. The Morgan fingerprint density at radius 3 is 2.87 bits per heavy atom. The van der Waals surface area contributed by atoms with Crippen molar-refractivity contribution >= 4 is 11.6 Å². The topological polar surface area (TPSA) is 16.1 Å². The fourth-order valence-corrected chi connectivity index (χ4v) is 2.76. The van der Waals surface area contributed by atoms with Gasteiger partial charge in [-0.1, -0.05) is 6.92 Å². The summed E-state index contributed by atoms with van der Waals surface area (Å²) in [6.45, 7) is 4.46. The van der Waals surface area contributed by atoms with Gasteiger partial charge in [0.1, 0.15) is 0 Å². The molecule has 2 heterocycles. The Hall–Kier alpha value is -0.600. The molecule has 1 aliphatic heterocycles. The first-order valence-electron chi connectivity index (χ1n) is 5.50. The number of halogens is 1. The van der Waals surface area contributed by atoms with Gasteiger partial charge in [-0.2, -0.15) is 0 Å².